The van der Waals surface area contributed by atoms with Gasteiger partial charge in [-0.25, -0.2) is 27.2 Å². The number of aliphatic hydroxyl groups is 1. The van der Waals surface area contributed by atoms with Gasteiger partial charge in [-0.05, 0) is 42.5 Å². The van der Waals surface area contributed by atoms with Crippen molar-refractivity contribution in [3.05, 3.63) is 29.3 Å². The quantitative estimate of drug-likeness (QED) is 0.770. The molecule has 2 N–H and O–H groups in total. The maximum atomic E-state index is 12.4. The zero-order valence-corrected chi connectivity index (χ0v) is 16.1. The lowest BCUT2D eigenvalue weighted by Gasteiger charge is -2.35. The van der Waals surface area contributed by atoms with Crippen molar-refractivity contribution in [3.8, 4) is 5.75 Å². The number of aryl methyl sites for hydroxylation is 1. The van der Waals surface area contributed by atoms with Crippen LogP contribution in [0, 0.1) is 0 Å². The number of hydrogen-bond donors (Lipinski definition) is 2. The molecule has 0 aromatic heterocycles. The van der Waals surface area contributed by atoms with Gasteiger partial charge in [0.1, 0.15) is 11.4 Å². The zero-order valence-electron chi connectivity index (χ0n) is 15.3. The molecule has 9 nitrogen and oxygen atoms in total. The van der Waals surface area contributed by atoms with E-state index in [9.17, 15) is 23.1 Å². The number of ether oxygens (including phenoxy) is 1. The van der Waals surface area contributed by atoms with Crippen LogP contribution in [-0.2, 0) is 22.0 Å². The molecule has 1 aliphatic heterocycles. The average Bonchev–Trinajstić information content (AvgIpc) is 3.01. The zero-order chi connectivity index (χ0) is 19.8. The number of carbonyl (C=O) groups is 2. The van der Waals surface area contributed by atoms with Crippen molar-refractivity contribution in [1.82, 2.24) is 14.5 Å². The van der Waals surface area contributed by atoms with E-state index in [1.165, 1.54) is 0 Å². The molecule has 2 aliphatic rings. The Hall–Kier alpha value is -2.33. The number of amides is 4. The number of imide groups is 1. The van der Waals surface area contributed by atoms with Gasteiger partial charge < -0.3 is 15.2 Å². The highest BCUT2D eigenvalue weighted by Crippen LogP contribution is 2.36. The number of rotatable bonds is 4. The third-order valence-corrected chi connectivity index (χ3v) is 6.14. The summed E-state index contributed by atoms with van der Waals surface area (Å²) >= 11 is 0. The van der Waals surface area contributed by atoms with E-state index in [1.807, 2.05) is 6.07 Å². The number of nitrogens with zero attached hydrogens (tertiary/aromatic N) is 2. The van der Waals surface area contributed by atoms with Crippen LogP contribution in [0.1, 0.15) is 24.0 Å². The monoisotopic (exact) mass is 397 g/mol. The van der Waals surface area contributed by atoms with Crippen molar-refractivity contribution in [3.63, 3.8) is 0 Å². The first-order chi connectivity index (χ1) is 12.7. The lowest BCUT2D eigenvalue weighted by atomic mass is 9.79. The van der Waals surface area contributed by atoms with Gasteiger partial charge in [0.15, 0.2) is 0 Å². The fourth-order valence-electron chi connectivity index (χ4n) is 3.58. The molecule has 1 atom stereocenters. The third kappa shape index (κ3) is 3.72. The van der Waals surface area contributed by atoms with Gasteiger partial charge in [0, 0.05) is 0 Å². The van der Waals surface area contributed by atoms with Crippen LogP contribution in [0.2, 0.25) is 0 Å². The molecular weight excluding hydrogens is 374 g/mol. The van der Waals surface area contributed by atoms with E-state index in [2.05, 4.69) is 5.32 Å². The minimum Gasteiger partial charge on any atom is -0.497 e. The van der Waals surface area contributed by atoms with Gasteiger partial charge in [-0.3, -0.25) is 0 Å². The number of hydrogen-bond acceptors (Lipinski definition) is 6. The number of benzene rings is 1. The van der Waals surface area contributed by atoms with Crippen LogP contribution in [0.4, 0.5) is 9.59 Å². The molecule has 1 fully saturated rings. The van der Waals surface area contributed by atoms with Crippen molar-refractivity contribution in [2.75, 3.05) is 33.0 Å². The second-order valence-corrected chi connectivity index (χ2v) is 8.74. The number of fused-ring (bicyclic) bond motifs is 1. The molecule has 1 aromatic rings. The van der Waals surface area contributed by atoms with Crippen LogP contribution < -0.4 is 10.1 Å². The smallest absolute Gasteiger partial charge is 0.341 e. The highest BCUT2D eigenvalue weighted by Gasteiger charge is 2.40. The molecule has 0 radical (unpaired) electrons. The summed E-state index contributed by atoms with van der Waals surface area (Å²) in [6.45, 7) is -0.171. The van der Waals surface area contributed by atoms with Crippen LogP contribution >= 0.6 is 0 Å². The molecule has 0 unspecified atom stereocenters. The first kappa shape index (κ1) is 19.4. The summed E-state index contributed by atoms with van der Waals surface area (Å²) in [5.41, 5.74) is 0.424. The summed E-state index contributed by atoms with van der Waals surface area (Å²) < 4.78 is 29.0. The molecule has 0 saturated carbocycles. The topological polar surface area (TPSA) is 116 Å². The second kappa shape index (κ2) is 7.01. The summed E-state index contributed by atoms with van der Waals surface area (Å²) in [4.78, 5) is 25.3. The van der Waals surface area contributed by atoms with Crippen LogP contribution in [-0.4, -0.2) is 67.8 Å². The minimum absolute atomic E-state index is 0.0239. The second-order valence-electron chi connectivity index (χ2n) is 6.84. The number of nitrogens with one attached hydrogen (secondary N) is 1. The Morgan fingerprint density at radius 3 is 2.74 bits per heavy atom. The number of urea groups is 2. The summed E-state index contributed by atoms with van der Waals surface area (Å²) in [6, 6.07) is 3.81. The molecule has 1 heterocycles. The molecular formula is C17H23N3O6S. The van der Waals surface area contributed by atoms with Gasteiger partial charge in [-0.2, -0.15) is 0 Å². The summed E-state index contributed by atoms with van der Waals surface area (Å²) in [7, 11) is -2.14. The van der Waals surface area contributed by atoms with Crippen LogP contribution in [0.5, 0.6) is 5.75 Å². The molecule has 27 heavy (non-hydrogen) atoms. The largest absolute Gasteiger partial charge is 0.497 e. The van der Waals surface area contributed by atoms with Crippen LogP contribution in [0.15, 0.2) is 18.2 Å². The van der Waals surface area contributed by atoms with Crippen LogP contribution in [0.25, 0.3) is 0 Å². The van der Waals surface area contributed by atoms with Crippen LogP contribution in [0.3, 0.4) is 0 Å². The van der Waals surface area contributed by atoms with Gasteiger partial charge in [-0.1, -0.05) is 6.07 Å². The predicted molar refractivity (Wildman–Crippen MR) is 96.9 cm³/mol. The maximum absolute atomic E-state index is 12.4. The molecule has 148 valence electrons. The van der Waals surface area contributed by atoms with E-state index in [1.54, 1.807) is 19.2 Å². The van der Waals surface area contributed by atoms with Gasteiger partial charge in [0.25, 0.3) is 0 Å². The van der Waals surface area contributed by atoms with Crippen molar-refractivity contribution < 1.29 is 27.9 Å². The van der Waals surface area contributed by atoms with Crippen molar-refractivity contribution in [2.45, 2.75) is 24.9 Å². The fourth-order valence-corrected chi connectivity index (χ4v) is 4.37. The normalized spacial score (nSPS) is 22.6. The Morgan fingerprint density at radius 2 is 2.11 bits per heavy atom. The SMILES string of the molecule is COc1ccc2c(c1)CCC[C@]2(O)CNC(=O)N1CCN(S(C)(=O)=O)C1=O. The third-order valence-electron chi connectivity index (χ3n) is 5.00. The molecule has 1 saturated heterocycles. The molecule has 1 aromatic carbocycles. The molecule has 4 amide bonds. The van der Waals surface area contributed by atoms with Crippen molar-refractivity contribution in [1.29, 1.82) is 0 Å². The first-order valence-electron chi connectivity index (χ1n) is 8.62. The summed E-state index contributed by atoms with van der Waals surface area (Å²) in [6.07, 6.45) is 2.94. The highest BCUT2D eigenvalue weighted by atomic mass is 32.2. The number of sulfonamides is 1. The number of carbonyl (C=O) groups excluding carboxylic acids is 2. The molecule has 0 bridgehead atoms. The standard InChI is InChI=1S/C17H23N3O6S/c1-26-13-5-6-14-12(10-13)4-3-7-17(14,23)11-18-15(21)19-8-9-20(16(19)22)27(2,24)25/h5-6,10,23H,3-4,7-9,11H2,1-2H3,(H,18,21)/t17-/m0/s1. The maximum Gasteiger partial charge on any atom is 0.341 e. The highest BCUT2D eigenvalue weighted by molar-refractivity contribution is 7.88. The van der Waals surface area contributed by atoms with Gasteiger partial charge in [-0.15, -0.1) is 0 Å². The molecule has 1 aliphatic carbocycles. The van der Waals surface area contributed by atoms with E-state index in [0.29, 0.717) is 16.5 Å². The van der Waals surface area contributed by atoms with E-state index in [4.69, 9.17) is 4.74 Å². The Kier molecular flexibility index (Phi) is 5.04. The molecule has 10 heteroatoms. The first-order valence-corrected chi connectivity index (χ1v) is 10.5. The van der Waals surface area contributed by atoms with E-state index in [-0.39, 0.29) is 19.6 Å². The fraction of sp³-hybridized carbons (Fsp3) is 0.529. The Balaban J connectivity index is 1.70. The van der Waals surface area contributed by atoms with Gasteiger partial charge >= 0.3 is 12.1 Å². The predicted octanol–water partition coefficient (Wildman–Crippen LogP) is 0.626. The van der Waals surface area contributed by atoms with Gasteiger partial charge in [0.2, 0.25) is 10.0 Å². The van der Waals surface area contributed by atoms with E-state index < -0.39 is 27.7 Å². The lowest BCUT2D eigenvalue weighted by molar-refractivity contribution is 0.0208. The molecule has 3 rings (SSSR count). The lowest BCUT2D eigenvalue weighted by Crippen LogP contribution is -2.49. The van der Waals surface area contributed by atoms with Crippen molar-refractivity contribution >= 4 is 22.1 Å². The summed E-state index contributed by atoms with van der Waals surface area (Å²) in [5, 5.41) is 13.6. The minimum atomic E-state index is -3.71. The molecule has 0 spiro atoms. The Morgan fingerprint density at radius 1 is 1.37 bits per heavy atom. The number of methoxy groups -OCH3 is 1. The van der Waals surface area contributed by atoms with E-state index >= 15 is 0 Å². The Bertz CT molecular complexity index is 871. The Labute approximate surface area is 157 Å². The summed E-state index contributed by atoms with van der Waals surface area (Å²) in [5.74, 6) is 0.700. The van der Waals surface area contributed by atoms with E-state index in [0.717, 1.165) is 35.1 Å². The van der Waals surface area contributed by atoms with Gasteiger partial charge in [0.05, 0.1) is 33.0 Å². The average molecular weight is 397 g/mol. The van der Waals surface area contributed by atoms with Crippen molar-refractivity contribution in [2.24, 2.45) is 0 Å².